The predicted octanol–water partition coefficient (Wildman–Crippen LogP) is 5.47. The highest BCUT2D eigenvalue weighted by molar-refractivity contribution is 5.85. The van der Waals surface area contributed by atoms with E-state index in [0.29, 0.717) is 0 Å². The Kier molecular flexibility index (Phi) is 5.65. The van der Waals surface area contributed by atoms with E-state index in [1.165, 1.54) is 33.3 Å². The zero-order valence-corrected chi connectivity index (χ0v) is 14.0. The maximum Gasteiger partial charge on any atom is 0.0486 e. The summed E-state index contributed by atoms with van der Waals surface area (Å²) in [6, 6.07) is 14.9. The van der Waals surface area contributed by atoms with E-state index in [0.717, 1.165) is 13.0 Å². The van der Waals surface area contributed by atoms with Crippen LogP contribution in [0.15, 0.2) is 48.7 Å². The third-order valence-corrected chi connectivity index (χ3v) is 3.86. The Morgan fingerprint density at radius 3 is 2.41 bits per heavy atom. The van der Waals surface area contributed by atoms with Crippen LogP contribution in [-0.4, -0.2) is 11.5 Å². The first-order valence-corrected chi connectivity index (χ1v) is 8.11. The predicted molar refractivity (Wildman–Crippen MR) is 97.8 cm³/mol. The molecule has 1 aromatic heterocycles. The van der Waals surface area contributed by atoms with Crippen molar-refractivity contribution in [3.05, 3.63) is 65.4 Å². The number of aromatic amines is 1. The van der Waals surface area contributed by atoms with E-state index >= 15 is 0 Å². The molecular weight excluding hydrogens is 268 g/mol. The average molecular weight is 294 g/mol. The standard InChI is InChI=1S/C18H20N2.C2H6/c1-13-6-3-4-9-17(13)19-11-10-15-12-20-18-14(2)7-5-8-16(15)18;1-2/h3-9,12,19-20H,10-11H2,1-2H3;1-2H3. The molecule has 0 atom stereocenters. The van der Waals surface area contributed by atoms with Crippen molar-refractivity contribution in [3.8, 4) is 0 Å². The molecule has 0 unspecified atom stereocenters. The Morgan fingerprint density at radius 2 is 1.64 bits per heavy atom. The summed E-state index contributed by atoms with van der Waals surface area (Å²) in [6.45, 7) is 9.23. The van der Waals surface area contributed by atoms with Crippen molar-refractivity contribution < 1.29 is 0 Å². The molecule has 22 heavy (non-hydrogen) atoms. The fourth-order valence-corrected chi connectivity index (χ4v) is 2.67. The zero-order chi connectivity index (χ0) is 15.9. The highest BCUT2D eigenvalue weighted by Crippen LogP contribution is 2.22. The topological polar surface area (TPSA) is 27.8 Å². The van der Waals surface area contributed by atoms with E-state index < -0.39 is 0 Å². The van der Waals surface area contributed by atoms with Crippen LogP contribution in [0.1, 0.15) is 30.5 Å². The van der Waals surface area contributed by atoms with Gasteiger partial charge >= 0.3 is 0 Å². The lowest BCUT2D eigenvalue weighted by Crippen LogP contribution is -2.05. The van der Waals surface area contributed by atoms with Gasteiger partial charge in [0, 0.05) is 29.3 Å². The lowest BCUT2D eigenvalue weighted by molar-refractivity contribution is 1.03. The van der Waals surface area contributed by atoms with Crippen molar-refractivity contribution in [2.75, 3.05) is 11.9 Å². The fourth-order valence-electron chi connectivity index (χ4n) is 2.67. The molecule has 0 saturated heterocycles. The van der Waals surface area contributed by atoms with Gasteiger partial charge in [-0.2, -0.15) is 0 Å². The molecule has 3 aromatic rings. The largest absolute Gasteiger partial charge is 0.384 e. The molecule has 0 aliphatic rings. The second-order valence-electron chi connectivity index (χ2n) is 5.30. The Balaban J connectivity index is 0.000000847. The average Bonchev–Trinajstić information content (AvgIpc) is 2.96. The molecule has 0 saturated carbocycles. The van der Waals surface area contributed by atoms with Crippen molar-refractivity contribution in [2.24, 2.45) is 0 Å². The molecule has 2 heteroatoms. The number of anilines is 1. The van der Waals surface area contributed by atoms with Gasteiger partial charge in [-0.1, -0.05) is 50.2 Å². The number of aryl methyl sites for hydroxylation is 2. The summed E-state index contributed by atoms with van der Waals surface area (Å²) in [4.78, 5) is 3.39. The maximum absolute atomic E-state index is 3.52. The summed E-state index contributed by atoms with van der Waals surface area (Å²) in [5.41, 5.74) is 6.47. The summed E-state index contributed by atoms with van der Waals surface area (Å²) in [5, 5.41) is 4.86. The minimum absolute atomic E-state index is 0.950. The lowest BCUT2D eigenvalue weighted by atomic mass is 10.1. The molecule has 1 heterocycles. The molecule has 0 bridgehead atoms. The van der Waals surface area contributed by atoms with Crippen molar-refractivity contribution in [1.29, 1.82) is 0 Å². The van der Waals surface area contributed by atoms with Crippen LogP contribution in [0.4, 0.5) is 5.69 Å². The highest BCUT2D eigenvalue weighted by atomic mass is 14.9. The Labute approximate surface area is 133 Å². The van der Waals surface area contributed by atoms with E-state index in [1.54, 1.807) is 0 Å². The number of hydrogen-bond acceptors (Lipinski definition) is 1. The molecule has 2 nitrogen and oxygen atoms in total. The SMILES string of the molecule is CC.Cc1ccccc1NCCc1c[nH]c2c(C)cccc12. The summed E-state index contributed by atoms with van der Waals surface area (Å²) in [5.74, 6) is 0. The van der Waals surface area contributed by atoms with E-state index in [9.17, 15) is 0 Å². The van der Waals surface area contributed by atoms with Crippen molar-refractivity contribution >= 4 is 16.6 Å². The maximum atomic E-state index is 3.52. The number of benzene rings is 2. The molecule has 0 spiro atoms. The van der Waals surface area contributed by atoms with Gasteiger partial charge < -0.3 is 10.3 Å². The minimum atomic E-state index is 0.950. The molecule has 2 N–H and O–H groups in total. The van der Waals surface area contributed by atoms with Crippen LogP contribution < -0.4 is 5.32 Å². The van der Waals surface area contributed by atoms with Crippen molar-refractivity contribution in [1.82, 2.24) is 4.98 Å². The molecule has 116 valence electrons. The Morgan fingerprint density at radius 1 is 0.909 bits per heavy atom. The number of fused-ring (bicyclic) bond motifs is 1. The first kappa shape index (κ1) is 16.2. The van der Waals surface area contributed by atoms with Crippen molar-refractivity contribution in [3.63, 3.8) is 0 Å². The number of nitrogens with one attached hydrogen (secondary N) is 2. The van der Waals surface area contributed by atoms with Crippen LogP contribution in [0, 0.1) is 13.8 Å². The van der Waals surface area contributed by atoms with Crippen LogP contribution in [0.5, 0.6) is 0 Å². The van der Waals surface area contributed by atoms with Gasteiger partial charge in [-0.15, -0.1) is 0 Å². The van der Waals surface area contributed by atoms with Crippen LogP contribution in [0.3, 0.4) is 0 Å². The second kappa shape index (κ2) is 7.69. The monoisotopic (exact) mass is 294 g/mol. The van der Waals surface area contributed by atoms with Gasteiger partial charge in [-0.05, 0) is 43.0 Å². The summed E-state index contributed by atoms with van der Waals surface area (Å²) in [6.07, 6.45) is 3.16. The highest BCUT2D eigenvalue weighted by Gasteiger charge is 2.05. The quantitative estimate of drug-likeness (QED) is 0.656. The summed E-state index contributed by atoms with van der Waals surface area (Å²) >= 11 is 0. The summed E-state index contributed by atoms with van der Waals surface area (Å²) in [7, 11) is 0. The molecule has 0 amide bonds. The van der Waals surface area contributed by atoms with Gasteiger partial charge in [0.1, 0.15) is 0 Å². The first-order valence-electron chi connectivity index (χ1n) is 8.11. The zero-order valence-electron chi connectivity index (χ0n) is 14.0. The molecule has 0 aliphatic carbocycles. The van der Waals surface area contributed by atoms with Gasteiger partial charge in [-0.3, -0.25) is 0 Å². The first-order chi connectivity index (χ1) is 10.8. The molecule has 0 radical (unpaired) electrons. The molecule has 0 fully saturated rings. The van der Waals surface area contributed by atoms with Crippen molar-refractivity contribution in [2.45, 2.75) is 34.1 Å². The number of hydrogen-bond donors (Lipinski definition) is 2. The van der Waals surface area contributed by atoms with E-state index in [2.05, 4.69) is 72.8 Å². The smallest absolute Gasteiger partial charge is 0.0486 e. The Hall–Kier alpha value is -2.22. The van der Waals surface area contributed by atoms with E-state index in [1.807, 2.05) is 13.8 Å². The summed E-state index contributed by atoms with van der Waals surface area (Å²) < 4.78 is 0. The number of rotatable bonds is 4. The van der Waals surface area contributed by atoms with Crippen LogP contribution >= 0.6 is 0 Å². The number of H-pyrrole nitrogens is 1. The normalized spacial score (nSPS) is 10.2. The number of para-hydroxylation sites is 2. The van der Waals surface area contributed by atoms with Crippen LogP contribution in [0.25, 0.3) is 10.9 Å². The van der Waals surface area contributed by atoms with Gasteiger partial charge in [0.05, 0.1) is 0 Å². The Bertz CT molecular complexity index is 725. The molecular formula is C20H26N2. The second-order valence-corrected chi connectivity index (χ2v) is 5.30. The molecule has 0 aliphatic heterocycles. The molecule has 3 rings (SSSR count). The minimum Gasteiger partial charge on any atom is -0.384 e. The third kappa shape index (κ3) is 3.51. The van der Waals surface area contributed by atoms with Gasteiger partial charge in [0.25, 0.3) is 0 Å². The van der Waals surface area contributed by atoms with E-state index in [-0.39, 0.29) is 0 Å². The van der Waals surface area contributed by atoms with E-state index in [4.69, 9.17) is 0 Å². The lowest BCUT2D eigenvalue weighted by Gasteiger charge is -2.08. The number of aromatic nitrogens is 1. The fraction of sp³-hybridized carbons (Fsp3) is 0.300. The van der Waals surface area contributed by atoms with Gasteiger partial charge in [0.2, 0.25) is 0 Å². The van der Waals surface area contributed by atoms with Gasteiger partial charge in [0.15, 0.2) is 0 Å². The molecule has 2 aromatic carbocycles. The van der Waals surface area contributed by atoms with Crippen LogP contribution in [0.2, 0.25) is 0 Å². The van der Waals surface area contributed by atoms with Gasteiger partial charge in [-0.25, -0.2) is 0 Å². The van der Waals surface area contributed by atoms with Crippen LogP contribution in [-0.2, 0) is 6.42 Å². The third-order valence-electron chi connectivity index (χ3n) is 3.86.